The fourth-order valence-electron chi connectivity index (χ4n) is 9.90. The fraction of sp³-hybridized carbons (Fsp3) is 0.125. The summed E-state index contributed by atoms with van der Waals surface area (Å²) in [5.74, 6) is 0.662. The van der Waals surface area contributed by atoms with Gasteiger partial charge in [0.2, 0.25) is 0 Å². The molecule has 4 aliphatic rings. The van der Waals surface area contributed by atoms with E-state index in [1.807, 2.05) is 0 Å². The fourth-order valence-corrected chi connectivity index (χ4v) is 9.90. The van der Waals surface area contributed by atoms with E-state index in [9.17, 15) is 0 Å². The molecule has 50 heavy (non-hydrogen) atoms. The van der Waals surface area contributed by atoms with Crippen LogP contribution in [0.5, 0.6) is 0 Å². The van der Waals surface area contributed by atoms with Crippen molar-refractivity contribution in [2.24, 2.45) is 0 Å². The van der Waals surface area contributed by atoms with Crippen molar-refractivity contribution in [1.82, 2.24) is 4.57 Å². The zero-order valence-electron chi connectivity index (χ0n) is 27.9. The van der Waals surface area contributed by atoms with E-state index < -0.39 is 0 Å². The highest BCUT2D eigenvalue weighted by atomic mass is 15.2. The van der Waals surface area contributed by atoms with Crippen LogP contribution in [0.4, 0.5) is 17.1 Å². The van der Waals surface area contributed by atoms with Crippen LogP contribution in [0.15, 0.2) is 164 Å². The zero-order chi connectivity index (χ0) is 32.8. The molecule has 12 rings (SSSR count). The van der Waals surface area contributed by atoms with Crippen molar-refractivity contribution in [3.63, 3.8) is 0 Å². The minimum atomic E-state index is 0.0637. The normalized spacial score (nSPS) is 18.7. The van der Waals surface area contributed by atoms with E-state index in [1.54, 1.807) is 11.1 Å². The van der Waals surface area contributed by atoms with Gasteiger partial charge in [-0.2, -0.15) is 0 Å². The predicted molar refractivity (Wildman–Crippen MR) is 208 cm³/mol. The van der Waals surface area contributed by atoms with Crippen molar-refractivity contribution in [3.05, 3.63) is 180 Å². The van der Waals surface area contributed by atoms with Gasteiger partial charge in [0, 0.05) is 33.1 Å². The number of hydrogen-bond donors (Lipinski definition) is 0. The Bertz CT molecular complexity index is 2590. The van der Waals surface area contributed by atoms with Gasteiger partial charge in [-0.3, -0.25) is 0 Å². The number of benzene rings is 7. The number of hydrogen-bond acceptors (Lipinski definition) is 1. The van der Waals surface area contributed by atoms with Gasteiger partial charge in [0.25, 0.3) is 0 Å². The van der Waals surface area contributed by atoms with Crippen LogP contribution in [-0.4, -0.2) is 4.57 Å². The summed E-state index contributed by atoms with van der Waals surface area (Å²) in [5, 5.41) is 2.54. The van der Waals surface area contributed by atoms with Crippen LogP contribution in [0, 0.1) is 0 Å². The van der Waals surface area contributed by atoms with E-state index in [2.05, 4.69) is 173 Å². The molecule has 0 saturated heterocycles. The second-order valence-electron chi connectivity index (χ2n) is 14.5. The van der Waals surface area contributed by atoms with Crippen LogP contribution in [-0.2, 0) is 5.41 Å². The molecule has 0 atom stereocenters. The minimum absolute atomic E-state index is 0.0637. The first-order valence-corrected chi connectivity index (χ1v) is 18.1. The Kier molecular flexibility index (Phi) is 5.92. The maximum absolute atomic E-state index is 2.62. The summed E-state index contributed by atoms with van der Waals surface area (Å²) in [6.45, 7) is 0. The standard InChI is InChI=1S/C48H36N2/c1-4-12-32(13-5-1)35-22-25-43-41(30-35)40-24-23-37(31-45(40)49(43)36-16-8-3-9-17-36)50-44-21-11-18-38-34-26-28-48(29-27-34,46(38)44)42-20-10-19-39(47(42)50)33-14-6-2-7-15-33/h1-25,30-31,34H,26-29H2. The molecule has 1 fully saturated rings. The molecule has 238 valence electrons. The van der Waals surface area contributed by atoms with E-state index in [1.165, 1.54) is 98.1 Å². The summed E-state index contributed by atoms with van der Waals surface area (Å²) in [7, 11) is 0. The monoisotopic (exact) mass is 640 g/mol. The zero-order valence-corrected chi connectivity index (χ0v) is 27.9. The molecular weight excluding hydrogens is 605 g/mol. The number of aromatic nitrogens is 1. The van der Waals surface area contributed by atoms with Gasteiger partial charge in [0.05, 0.1) is 22.4 Å². The average molecular weight is 641 g/mol. The van der Waals surface area contributed by atoms with Crippen LogP contribution >= 0.6 is 0 Å². The van der Waals surface area contributed by atoms with E-state index >= 15 is 0 Å². The summed E-state index contributed by atoms with van der Waals surface area (Å²) in [4.78, 5) is 2.62. The summed E-state index contributed by atoms with van der Waals surface area (Å²) >= 11 is 0. The molecule has 2 heterocycles. The van der Waals surface area contributed by atoms with Crippen molar-refractivity contribution in [2.75, 3.05) is 4.90 Å². The smallest absolute Gasteiger partial charge is 0.0581 e. The first kappa shape index (κ1) is 28.0. The molecule has 8 aromatic rings. The van der Waals surface area contributed by atoms with Crippen LogP contribution in [0.25, 0.3) is 49.7 Å². The topological polar surface area (TPSA) is 8.17 Å². The Morgan fingerprint density at radius 1 is 0.500 bits per heavy atom. The highest BCUT2D eigenvalue weighted by Crippen LogP contribution is 2.65. The Balaban J connectivity index is 1.21. The molecule has 3 aliphatic carbocycles. The predicted octanol–water partition coefficient (Wildman–Crippen LogP) is 12.9. The molecule has 0 unspecified atom stereocenters. The Morgan fingerprint density at radius 3 is 2.00 bits per heavy atom. The maximum atomic E-state index is 2.62. The molecular formula is C48H36N2. The van der Waals surface area contributed by atoms with Gasteiger partial charge >= 0.3 is 0 Å². The molecule has 1 aliphatic heterocycles. The SMILES string of the molecule is c1ccc(-c2ccc3c(c2)c2ccc(N4c5cccc6c5C5(CCC6CC5)c5cccc(-c6ccccc6)c54)cc2n3-c2ccccc2)cc1. The molecule has 0 radical (unpaired) electrons. The quantitative estimate of drug-likeness (QED) is 0.186. The van der Waals surface area contributed by atoms with Crippen molar-refractivity contribution >= 4 is 38.9 Å². The lowest BCUT2D eigenvalue weighted by Gasteiger charge is -2.54. The van der Waals surface area contributed by atoms with Gasteiger partial charge in [-0.25, -0.2) is 0 Å². The first-order valence-electron chi connectivity index (χ1n) is 18.1. The number of nitrogens with zero attached hydrogens (tertiary/aromatic N) is 2. The van der Waals surface area contributed by atoms with Gasteiger partial charge in [0.15, 0.2) is 0 Å². The molecule has 1 saturated carbocycles. The molecule has 1 spiro atoms. The van der Waals surface area contributed by atoms with Crippen LogP contribution in [0.1, 0.15) is 48.3 Å². The highest BCUT2D eigenvalue weighted by Gasteiger charge is 2.52. The lowest BCUT2D eigenvalue weighted by molar-refractivity contribution is 0.278. The van der Waals surface area contributed by atoms with Crippen LogP contribution in [0.3, 0.4) is 0 Å². The second-order valence-corrected chi connectivity index (χ2v) is 14.5. The van der Waals surface area contributed by atoms with E-state index in [-0.39, 0.29) is 5.41 Å². The van der Waals surface area contributed by atoms with Gasteiger partial charge in [0.1, 0.15) is 0 Å². The number of anilines is 3. The molecule has 2 bridgehead atoms. The van der Waals surface area contributed by atoms with Crippen molar-refractivity contribution in [2.45, 2.75) is 37.0 Å². The molecule has 0 N–H and O–H groups in total. The first-order chi connectivity index (χ1) is 24.8. The van der Waals surface area contributed by atoms with E-state index in [0.717, 1.165) is 0 Å². The Morgan fingerprint density at radius 2 is 1.22 bits per heavy atom. The lowest BCUT2D eigenvalue weighted by atomic mass is 9.53. The van der Waals surface area contributed by atoms with Crippen molar-refractivity contribution < 1.29 is 0 Å². The molecule has 2 nitrogen and oxygen atoms in total. The number of para-hydroxylation sites is 2. The van der Waals surface area contributed by atoms with Crippen molar-refractivity contribution in [1.29, 1.82) is 0 Å². The maximum Gasteiger partial charge on any atom is 0.0581 e. The largest absolute Gasteiger partial charge is 0.309 e. The van der Waals surface area contributed by atoms with Crippen molar-refractivity contribution in [3.8, 4) is 27.9 Å². The third-order valence-electron chi connectivity index (χ3n) is 12.1. The van der Waals surface area contributed by atoms with Crippen LogP contribution < -0.4 is 4.90 Å². The van der Waals surface area contributed by atoms with Gasteiger partial charge in [-0.05, 0) is 107 Å². The Labute approximate surface area is 292 Å². The van der Waals surface area contributed by atoms with Gasteiger partial charge < -0.3 is 9.47 Å². The molecule has 0 amide bonds. The minimum Gasteiger partial charge on any atom is -0.309 e. The summed E-state index contributed by atoms with van der Waals surface area (Å²) in [6.07, 6.45) is 5.01. The molecule has 2 heteroatoms. The molecule has 1 aromatic heterocycles. The van der Waals surface area contributed by atoms with E-state index in [4.69, 9.17) is 0 Å². The third kappa shape index (κ3) is 3.85. The third-order valence-corrected chi connectivity index (χ3v) is 12.1. The average Bonchev–Trinajstić information content (AvgIpc) is 3.52. The van der Waals surface area contributed by atoms with Gasteiger partial charge in [-0.15, -0.1) is 0 Å². The van der Waals surface area contributed by atoms with Crippen LogP contribution in [0.2, 0.25) is 0 Å². The number of rotatable bonds is 4. The summed E-state index contributed by atoms with van der Waals surface area (Å²) < 4.78 is 2.46. The number of fused-ring (bicyclic) bond motifs is 6. The Hall–Kier alpha value is -5.86. The summed E-state index contributed by atoms with van der Waals surface area (Å²) in [5.41, 5.74) is 17.3. The second kappa shape index (κ2) is 10.6. The van der Waals surface area contributed by atoms with E-state index in [0.29, 0.717) is 5.92 Å². The highest BCUT2D eigenvalue weighted by molar-refractivity contribution is 6.12. The lowest BCUT2D eigenvalue weighted by Crippen LogP contribution is -2.43. The molecule has 7 aromatic carbocycles. The summed E-state index contributed by atoms with van der Waals surface area (Å²) in [6, 6.07) is 61.0. The van der Waals surface area contributed by atoms with Gasteiger partial charge in [-0.1, -0.05) is 121 Å².